The highest BCUT2D eigenvalue weighted by Crippen LogP contribution is 2.48. The first-order valence-corrected chi connectivity index (χ1v) is 15.0. The summed E-state index contributed by atoms with van der Waals surface area (Å²) in [6, 6.07) is 57.4. The molecule has 208 valence electrons. The maximum atomic E-state index is 2.49. The molecule has 7 rings (SSSR count). The van der Waals surface area contributed by atoms with Crippen LogP contribution in [0.3, 0.4) is 0 Å². The highest BCUT2D eigenvalue weighted by molar-refractivity contribution is 5.90. The zero-order chi connectivity index (χ0) is 29.2. The number of nitrogens with zero attached hydrogens (tertiary/aromatic N) is 2. The van der Waals surface area contributed by atoms with Gasteiger partial charge in [0.25, 0.3) is 0 Å². The molecule has 6 aromatic carbocycles. The van der Waals surface area contributed by atoms with E-state index in [0.29, 0.717) is 0 Å². The van der Waals surface area contributed by atoms with Crippen molar-refractivity contribution < 1.29 is 4.58 Å². The molecule has 1 aliphatic heterocycles. The molecule has 0 saturated carbocycles. The van der Waals surface area contributed by atoms with Crippen LogP contribution in [0.1, 0.15) is 34.3 Å². The molecule has 2 heteroatoms. The molecule has 0 saturated heterocycles. The van der Waals surface area contributed by atoms with Crippen LogP contribution in [0.15, 0.2) is 158 Å². The van der Waals surface area contributed by atoms with E-state index in [9.17, 15) is 0 Å². The molecule has 1 aliphatic rings. The highest BCUT2D eigenvalue weighted by Gasteiger charge is 2.46. The number of hydrogen-bond donors (Lipinski definition) is 0. The quantitative estimate of drug-likeness (QED) is 0.185. The topological polar surface area (TPSA) is 6.25 Å². The summed E-state index contributed by atoms with van der Waals surface area (Å²) in [4.78, 5) is 2.49. The number of rotatable bonds is 6. The summed E-state index contributed by atoms with van der Waals surface area (Å²) >= 11 is 0. The number of anilines is 1. The second kappa shape index (κ2) is 11.6. The molecule has 1 heterocycles. The van der Waals surface area contributed by atoms with Crippen molar-refractivity contribution >= 4 is 17.7 Å². The Morgan fingerprint density at radius 3 is 1.58 bits per heavy atom. The van der Waals surface area contributed by atoms with E-state index in [1.54, 1.807) is 0 Å². The highest BCUT2D eigenvalue weighted by atomic mass is 15.3. The zero-order valence-electron chi connectivity index (χ0n) is 24.6. The summed E-state index contributed by atoms with van der Waals surface area (Å²) in [5.41, 5.74) is 12.3. The van der Waals surface area contributed by atoms with E-state index in [4.69, 9.17) is 0 Å². The SMILES string of the molecule is Cc1ccc(-c2ccccc2N2C=[N+](c3ccccc3-c3ccc(C)cc3)[C@@H](c3ccccc3)[C@@H]2c2ccccc2)cc1. The maximum absolute atomic E-state index is 2.49. The Kier molecular flexibility index (Phi) is 7.18. The van der Waals surface area contributed by atoms with E-state index in [2.05, 4.69) is 187 Å². The van der Waals surface area contributed by atoms with Gasteiger partial charge in [0, 0.05) is 22.3 Å². The summed E-state index contributed by atoms with van der Waals surface area (Å²) < 4.78 is 2.49. The Morgan fingerprint density at radius 2 is 0.953 bits per heavy atom. The number of para-hydroxylation sites is 2. The van der Waals surface area contributed by atoms with Gasteiger partial charge >= 0.3 is 0 Å². The van der Waals surface area contributed by atoms with Gasteiger partial charge in [-0.05, 0) is 37.1 Å². The Labute approximate surface area is 254 Å². The summed E-state index contributed by atoms with van der Waals surface area (Å²) in [6.45, 7) is 4.28. The Bertz CT molecular complexity index is 1870. The van der Waals surface area contributed by atoms with Crippen molar-refractivity contribution in [2.24, 2.45) is 0 Å². The molecule has 0 spiro atoms. The fourth-order valence-corrected chi connectivity index (χ4v) is 6.34. The van der Waals surface area contributed by atoms with Crippen molar-refractivity contribution in [3.8, 4) is 22.3 Å². The summed E-state index contributed by atoms with van der Waals surface area (Å²) in [5, 5.41) is 0. The summed E-state index contributed by atoms with van der Waals surface area (Å²) in [6.07, 6.45) is 2.34. The van der Waals surface area contributed by atoms with E-state index in [1.807, 2.05) is 0 Å². The van der Waals surface area contributed by atoms with Crippen molar-refractivity contribution in [3.05, 3.63) is 180 Å². The normalized spacial score (nSPS) is 16.2. The Balaban J connectivity index is 1.48. The third-order valence-corrected chi connectivity index (χ3v) is 8.52. The maximum Gasteiger partial charge on any atom is 0.245 e. The van der Waals surface area contributed by atoms with Crippen LogP contribution in [0.5, 0.6) is 0 Å². The van der Waals surface area contributed by atoms with Gasteiger partial charge in [0.1, 0.15) is 11.4 Å². The molecular weight excluding hydrogens is 520 g/mol. The van der Waals surface area contributed by atoms with Crippen molar-refractivity contribution in [2.45, 2.75) is 25.9 Å². The second-order valence-electron chi connectivity index (χ2n) is 11.4. The predicted octanol–water partition coefficient (Wildman–Crippen LogP) is 10.3. The van der Waals surface area contributed by atoms with Crippen LogP contribution in [0.2, 0.25) is 0 Å². The van der Waals surface area contributed by atoms with Gasteiger partial charge in [-0.3, -0.25) is 0 Å². The first-order valence-electron chi connectivity index (χ1n) is 15.0. The van der Waals surface area contributed by atoms with Gasteiger partial charge in [-0.2, -0.15) is 0 Å². The third-order valence-electron chi connectivity index (χ3n) is 8.52. The molecule has 0 bridgehead atoms. The van der Waals surface area contributed by atoms with Gasteiger partial charge in [-0.25, -0.2) is 9.48 Å². The summed E-state index contributed by atoms with van der Waals surface area (Å²) in [7, 11) is 0. The minimum absolute atomic E-state index is 0.0428. The second-order valence-corrected chi connectivity index (χ2v) is 11.4. The molecule has 0 aromatic heterocycles. The lowest BCUT2D eigenvalue weighted by Crippen LogP contribution is -2.26. The van der Waals surface area contributed by atoms with Gasteiger partial charge < -0.3 is 0 Å². The minimum Gasteiger partial charge on any atom is -0.221 e. The Morgan fingerprint density at radius 1 is 0.465 bits per heavy atom. The fraction of sp³-hybridized carbons (Fsp3) is 0.0976. The average molecular weight is 556 g/mol. The molecule has 6 aromatic rings. The van der Waals surface area contributed by atoms with E-state index in [-0.39, 0.29) is 12.1 Å². The molecule has 0 fully saturated rings. The molecule has 0 radical (unpaired) electrons. The fourth-order valence-electron chi connectivity index (χ4n) is 6.34. The molecular formula is C41H35N2+. The standard InChI is InChI=1S/C41H35N2/c1-30-21-25-32(26-22-30)36-17-9-11-19-38(36)42-29-43(39-20-12-10-18-37(39)33-27-23-31(2)24-28-33)41(35-15-7-4-8-16-35)40(42)34-13-5-3-6-14-34/h3-29,40-41H,1-2H3/q+1/t40-,41-/m0/s1. The first kappa shape index (κ1) is 26.7. The van der Waals surface area contributed by atoms with E-state index in [1.165, 1.54) is 55.9 Å². The smallest absolute Gasteiger partial charge is 0.221 e. The first-order chi connectivity index (χ1) is 21.2. The minimum atomic E-state index is 0.0428. The molecule has 0 aliphatic carbocycles. The lowest BCUT2D eigenvalue weighted by atomic mass is 9.91. The monoisotopic (exact) mass is 555 g/mol. The van der Waals surface area contributed by atoms with Crippen LogP contribution >= 0.6 is 0 Å². The van der Waals surface area contributed by atoms with Crippen LogP contribution < -0.4 is 4.90 Å². The third kappa shape index (κ3) is 5.17. The van der Waals surface area contributed by atoms with Gasteiger partial charge in [-0.1, -0.05) is 157 Å². The molecule has 2 nitrogen and oxygen atoms in total. The lowest BCUT2D eigenvalue weighted by molar-refractivity contribution is -0.480. The number of aryl methyl sites for hydroxylation is 2. The zero-order valence-corrected chi connectivity index (χ0v) is 24.6. The van der Waals surface area contributed by atoms with Gasteiger partial charge in [-0.15, -0.1) is 0 Å². The van der Waals surface area contributed by atoms with Crippen molar-refractivity contribution in [1.29, 1.82) is 0 Å². The van der Waals surface area contributed by atoms with E-state index in [0.717, 1.165) is 0 Å². The van der Waals surface area contributed by atoms with Crippen LogP contribution in [-0.2, 0) is 0 Å². The number of hydrogen-bond acceptors (Lipinski definition) is 1. The molecule has 43 heavy (non-hydrogen) atoms. The van der Waals surface area contributed by atoms with Crippen LogP contribution in [0, 0.1) is 13.8 Å². The van der Waals surface area contributed by atoms with E-state index < -0.39 is 0 Å². The van der Waals surface area contributed by atoms with Crippen LogP contribution in [-0.4, -0.2) is 10.9 Å². The van der Waals surface area contributed by atoms with Crippen molar-refractivity contribution in [1.82, 2.24) is 0 Å². The Hall–Kier alpha value is -5.21. The molecule has 0 unspecified atom stereocenters. The van der Waals surface area contributed by atoms with Gasteiger partial charge in [0.05, 0.1) is 0 Å². The predicted molar refractivity (Wildman–Crippen MR) is 180 cm³/mol. The van der Waals surface area contributed by atoms with Gasteiger partial charge in [0.15, 0.2) is 12.1 Å². The van der Waals surface area contributed by atoms with E-state index >= 15 is 0 Å². The van der Waals surface area contributed by atoms with Crippen LogP contribution in [0.4, 0.5) is 11.4 Å². The number of benzene rings is 6. The lowest BCUT2D eigenvalue weighted by Gasteiger charge is -2.25. The van der Waals surface area contributed by atoms with Crippen LogP contribution in [0.25, 0.3) is 22.3 Å². The van der Waals surface area contributed by atoms with Crippen molar-refractivity contribution in [3.63, 3.8) is 0 Å². The molecule has 2 atom stereocenters. The largest absolute Gasteiger partial charge is 0.245 e. The summed E-state index contributed by atoms with van der Waals surface area (Å²) in [5.74, 6) is 0. The molecule has 0 amide bonds. The molecule has 0 N–H and O–H groups in total. The average Bonchev–Trinajstić information content (AvgIpc) is 3.47. The van der Waals surface area contributed by atoms with Gasteiger partial charge in [0.2, 0.25) is 6.34 Å². The van der Waals surface area contributed by atoms with Crippen molar-refractivity contribution in [2.75, 3.05) is 4.90 Å².